The summed E-state index contributed by atoms with van der Waals surface area (Å²) in [5, 5.41) is 2.71. The Morgan fingerprint density at radius 1 is 1.36 bits per heavy atom. The van der Waals surface area contributed by atoms with Gasteiger partial charge in [0.25, 0.3) is 0 Å². The van der Waals surface area contributed by atoms with Crippen LogP contribution in [0.2, 0.25) is 0 Å². The van der Waals surface area contributed by atoms with Gasteiger partial charge in [-0.1, -0.05) is 30.3 Å². The number of carbonyl (C=O) groups is 1. The summed E-state index contributed by atoms with van der Waals surface area (Å²) < 4.78 is 5.03. The van der Waals surface area contributed by atoms with Crippen LogP contribution in [0.4, 0.5) is 4.79 Å². The predicted molar refractivity (Wildman–Crippen MR) is 52.8 cm³/mol. The Morgan fingerprint density at radius 2 is 2.07 bits per heavy atom. The Labute approximate surface area is 83.1 Å². The average molecular weight is 191 g/mol. The van der Waals surface area contributed by atoms with Crippen molar-refractivity contribution in [2.75, 3.05) is 0 Å². The Bertz CT molecular complexity index is 306. The molecule has 0 atom stereocenters. The van der Waals surface area contributed by atoms with E-state index >= 15 is 0 Å². The van der Waals surface area contributed by atoms with Gasteiger partial charge >= 0.3 is 6.09 Å². The summed E-state index contributed by atoms with van der Waals surface area (Å²) in [4.78, 5) is 11.1. The van der Waals surface area contributed by atoms with Crippen LogP contribution in [-0.4, -0.2) is 12.2 Å². The average Bonchev–Trinajstić information content (AvgIpc) is 3.00. The zero-order valence-electron chi connectivity index (χ0n) is 7.90. The molecule has 0 heterocycles. The molecule has 0 bridgehead atoms. The lowest BCUT2D eigenvalue weighted by atomic mass is 10.2. The maximum Gasteiger partial charge on any atom is 0.407 e. The summed E-state index contributed by atoms with van der Waals surface area (Å²) in [6, 6.07) is 9.79. The smallest absolute Gasteiger partial charge is 0.407 e. The predicted octanol–water partition coefficient (Wildman–Crippen LogP) is 2.08. The minimum Gasteiger partial charge on any atom is -0.446 e. The molecule has 0 radical (unpaired) electrons. The molecule has 1 aromatic rings. The van der Waals surface area contributed by atoms with Crippen LogP contribution in [0.15, 0.2) is 30.3 Å². The molecule has 0 aliphatic heterocycles. The SMILES string of the molecule is O=C(NCc1ccccc1)OC1CC1. The van der Waals surface area contributed by atoms with Crippen LogP contribution < -0.4 is 5.32 Å². The lowest BCUT2D eigenvalue weighted by Gasteiger charge is -2.05. The van der Waals surface area contributed by atoms with Gasteiger partial charge in [-0.3, -0.25) is 0 Å². The fourth-order valence-corrected chi connectivity index (χ4v) is 1.15. The van der Waals surface area contributed by atoms with Gasteiger partial charge in [-0.2, -0.15) is 0 Å². The largest absolute Gasteiger partial charge is 0.446 e. The third-order valence-corrected chi connectivity index (χ3v) is 2.08. The van der Waals surface area contributed by atoms with Crippen molar-refractivity contribution in [2.24, 2.45) is 0 Å². The molecule has 14 heavy (non-hydrogen) atoms. The molecule has 0 spiro atoms. The molecule has 1 aliphatic rings. The van der Waals surface area contributed by atoms with Gasteiger partial charge in [0.15, 0.2) is 0 Å². The Hall–Kier alpha value is -1.51. The third-order valence-electron chi connectivity index (χ3n) is 2.08. The maximum atomic E-state index is 11.1. The molecule has 1 fully saturated rings. The summed E-state index contributed by atoms with van der Waals surface area (Å²) in [6.45, 7) is 0.534. The highest BCUT2D eigenvalue weighted by Gasteiger charge is 2.25. The van der Waals surface area contributed by atoms with Gasteiger partial charge in [-0.25, -0.2) is 4.79 Å². The second-order valence-corrected chi connectivity index (χ2v) is 3.44. The molecule has 1 amide bonds. The van der Waals surface area contributed by atoms with E-state index in [9.17, 15) is 4.79 Å². The van der Waals surface area contributed by atoms with Crippen molar-refractivity contribution >= 4 is 6.09 Å². The second kappa shape index (κ2) is 4.13. The van der Waals surface area contributed by atoms with E-state index in [1.165, 1.54) is 0 Å². The van der Waals surface area contributed by atoms with Gasteiger partial charge in [0.05, 0.1) is 0 Å². The summed E-state index contributed by atoms with van der Waals surface area (Å²) in [7, 11) is 0. The van der Waals surface area contributed by atoms with Crippen LogP contribution in [0.1, 0.15) is 18.4 Å². The van der Waals surface area contributed by atoms with Gasteiger partial charge in [0.1, 0.15) is 6.10 Å². The lowest BCUT2D eigenvalue weighted by Crippen LogP contribution is -2.24. The van der Waals surface area contributed by atoms with Gasteiger partial charge in [-0.05, 0) is 18.4 Å². The van der Waals surface area contributed by atoms with E-state index in [2.05, 4.69) is 5.32 Å². The monoisotopic (exact) mass is 191 g/mol. The summed E-state index contributed by atoms with van der Waals surface area (Å²) in [5.41, 5.74) is 1.08. The zero-order chi connectivity index (χ0) is 9.80. The molecule has 1 aliphatic carbocycles. The van der Waals surface area contributed by atoms with E-state index in [1.807, 2.05) is 30.3 Å². The van der Waals surface area contributed by atoms with Crippen LogP contribution in [0.5, 0.6) is 0 Å². The Balaban J connectivity index is 1.73. The molecular formula is C11H13NO2. The minimum absolute atomic E-state index is 0.172. The molecule has 0 aromatic heterocycles. The number of carbonyl (C=O) groups excluding carboxylic acids is 1. The quantitative estimate of drug-likeness (QED) is 0.794. The molecule has 0 unspecified atom stereocenters. The van der Waals surface area contributed by atoms with E-state index in [0.717, 1.165) is 18.4 Å². The van der Waals surface area contributed by atoms with Crippen molar-refractivity contribution in [1.82, 2.24) is 5.32 Å². The number of amides is 1. The maximum absolute atomic E-state index is 11.1. The van der Waals surface area contributed by atoms with Gasteiger partial charge in [0, 0.05) is 6.54 Å². The zero-order valence-corrected chi connectivity index (χ0v) is 7.90. The van der Waals surface area contributed by atoms with Gasteiger partial charge in [-0.15, -0.1) is 0 Å². The van der Waals surface area contributed by atoms with Crippen molar-refractivity contribution in [1.29, 1.82) is 0 Å². The van der Waals surface area contributed by atoms with Crippen LogP contribution in [0.25, 0.3) is 0 Å². The Kier molecular flexibility index (Phi) is 2.68. The number of rotatable bonds is 3. The molecule has 1 aromatic carbocycles. The lowest BCUT2D eigenvalue weighted by molar-refractivity contribution is 0.138. The first-order chi connectivity index (χ1) is 6.84. The molecule has 1 saturated carbocycles. The fourth-order valence-electron chi connectivity index (χ4n) is 1.15. The number of hydrogen-bond donors (Lipinski definition) is 1. The number of nitrogens with one attached hydrogen (secondary N) is 1. The second-order valence-electron chi connectivity index (χ2n) is 3.44. The topological polar surface area (TPSA) is 38.3 Å². The Morgan fingerprint density at radius 3 is 2.71 bits per heavy atom. The highest BCUT2D eigenvalue weighted by molar-refractivity contribution is 5.67. The van der Waals surface area contributed by atoms with Crippen molar-refractivity contribution < 1.29 is 9.53 Å². The molecule has 74 valence electrons. The van der Waals surface area contributed by atoms with Crippen LogP contribution >= 0.6 is 0 Å². The summed E-state index contributed by atoms with van der Waals surface area (Å²) in [5.74, 6) is 0. The molecule has 0 saturated heterocycles. The molecular weight excluding hydrogens is 178 g/mol. The van der Waals surface area contributed by atoms with Crippen molar-refractivity contribution in [3.8, 4) is 0 Å². The summed E-state index contributed by atoms with van der Waals surface area (Å²) in [6.07, 6.45) is 1.89. The number of benzene rings is 1. The summed E-state index contributed by atoms with van der Waals surface area (Å²) >= 11 is 0. The highest BCUT2D eigenvalue weighted by atomic mass is 16.6. The van der Waals surface area contributed by atoms with E-state index in [1.54, 1.807) is 0 Å². The fraction of sp³-hybridized carbons (Fsp3) is 0.364. The van der Waals surface area contributed by atoms with Gasteiger partial charge < -0.3 is 10.1 Å². The van der Waals surface area contributed by atoms with Crippen molar-refractivity contribution in [2.45, 2.75) is 25.5 Å². The van der Waals surface area contributed by atoms with E-state index in [-0.39, 0.29) is 12.2 Å². The first-order valence-electron chi connectivity index (χ1n) is 4.83. The van der Waals surface area contributed by atoms with E-state index < -0.39 is 0 Å². The molecule has 2 rings (SSSR count). The van der Waals surface area contributed by atoms with E-state index in [0.29, 0.717) is 6.54 Å². The number of hydrogen-bond acceptors (Lipinski definition) is 2. The van der Waals surface area contributed by atoms with Crippen LogP contribution in [0.3, 0.4) is 0 Å². The van der Waals surface area contributed by atoms with Crippen LogP contribution in [-0.2, 0) is 11.3 Å². The van der Waals surface area contributed by atoms with Crippen molar-refractivity contribution in [3.05, 3.63) is 35.9 Å². The van der Waals surface area contributed by atoms with Crippen LogP contribution in [0, 0.1) is 0 Å². The molecule has 3 nitrogen and oxygen atoms in total. The molecule has 3 heteroatoms. The van der Waals surface area contributed by atoms with Crippen molar-refractivity contribution in [3.63, 3.8) is 0 Å². The first-order valence-corrected chi connectivity index (χ1v) is 4.83. The molecule has 1 N–H and O–H groups in total. The van der Waals surface area contributed by atoms with E-state index in [4.69, 9.17) is 4.74 Å². The number of ether oxygens (including phenoxy) is 1. The van der Waals surface area contributed by atoms with Gasteiger partial charge in [0.2, 0.25) is 0 Å². The standard InChI is InChI=1S/C11H13NO2/c13-11(14-10-6-7-10)12-8-9-4-2-1-3-5-9/h1-5,10H,6-8H2,(H,12,13). The number of alkyl carbamates (subject to hydrolysis) is 1. The normalized spacial score (nSPS) is 14.9. The highest BCUT2D eigenvalue weighted by Crippen LogP contribution is 2.23. The first kappa shape index (κ1) is 9.06. The third kappa shape index (κ3) is 2.76. The minimum atomic E-state index is -0.309.